The van der Waals surface area contributed by atoms with Crippen molar-refractivity contribution in [2.45, 2.75) is 32.6 Å². The van der Waals surface area contributed by atoms with Gasteiger partial charge in [-0.15, -0.1) is 0 Å². The molecule has 0 aliphatic carbocycles. The Bertz CT molecular complexity index is 850. The third-order valence-electron chi connectivity index (χ3n) is 4.34. The molecule has 3 heteroatoms. The topological polar surface area (TPSA) is 38.3 Å². The monoisotopic (exact) mass is 347 g/mol. The molecule has 3 aromatic carbocycles. The van der Waals surface area contributed by atoms with Crippen LogP contribution in [0.4, 0.5) is 5.69 Å². The van der Waals surface area contributed by atoms with Gasteiger partial charge in [-0.05, 0) is 42.0 Å². The Morgan fingerprint density at radius 3 is 2.54 bits per heavy atom. The van der Waals surface area contributed by atoms with Gasteiger partial charge in [0.15, 0.2) is 0 Å². The van der Waals surface area contributed by atoms with Crippen molar-refractivity contribution in [1.29, 1.82) is 0 Å². The molecule has 1 amide bonds. The SMILES string of the molecule is CCCc1ccc(OCCCC(=O)Nc2cccc3ccccc23)cc1. The Morgan fingerprint density at radius 2 is 1.73 bits per heavy atom. The summed E-state index contributed by atoms with van der Waals surface area (Å²) < 4.78 is 5.73. The Morgan fingerprint density at radius 1 is 0.962 bits per heavy atom. The average Bonchev–Trinajstić information content (AvgIpc) is 2.67. The molecule has 0 aliphatic heterocycles. The van der Waals surface area contributed by atoms with Crippen molar-refractivity contribution in [2.24, 2.45) is 0 Å². The van der Waals surface area contributed by atoms with Crippen LogP contribution >= 0.6 is 0 Å². The van der Waals surface area contributed by atoms with E-state index in [0.29, 0.717) is 19.4 Å². The zero-order chi connectivity index (χ0) is 18.2. The number of hydrogen-bond donors (Lipinski definition) is 1. The molecule has 0 bridgehead atoms. The number of hydrogen-bond acceptors (Lipinski definition) is 2. The normalized spacial score (nSPS) is 10.7. The molecule has 1 N–H and O–H groups in total. The maximum absolute atomic E-state index is 12.2. The van der Waals surface area contributed by atoms with Crippen LogP contribution in [0.1, 0.15) is 31.7 Å². The van der Waals surface area contributed by atoms with E-state index in [4.69, 9.17) is 4.74 Å². The number of anilines is 1. The molecule has 0 saturated carbocycles. The molecule has 0 radical (unpaired) electrons. The minimum Gasteiger partial charge on any atom is -0.494 e. The summed E-state index contributed by atoms with van der Waals surface area (Å²) in [6, 6.07) is 22.2. The largest absolute Gasteiger partial charge is 0.494 e. The number of amides is 1. The van der Waals surface area contributed by atoms with Gasteiger partial charge < -0.3 is 10.1 Å². The minimum absolute atomic E-state index is 0.0169. The van der Waals surface area contributed by atoms with E-state index in [1.807, 2.05) is 54.6 Å². The van der Waals surface area contributed by atoms with Gasteiger partial charge in [-0.3, -0.25) is 4.79 Å². The van der Waals surface area contributed by atoms with Crippen LogP contribution in [0.15, 0.2) is 66.7 Å². The van der Waals surface area contributed by atoms with Crippen molar-refractivity contribution in [3.05, 3.63) is 72.3 Å². The summed E-state index contributed by atoms with van der Waals surface area (Å²) in [7, 11) is 0. The molecule has 0 heterocycles. The van der Waals surface area contributed by atoms with Gasteiger partial charge in [0.2, 0.25) is 5.91 Å². The Kier molecular flexibility index (Phi) is 6.26. The number of nitrogens with one attached hydrogen (secondary N) is 1. The molecule has 3 rings (SSSR count). The van der Waals surface area contributed by atoms with Crippen molar-refractivity contribution < 1.29 is 9.53 Å². The lowest BCUT2D eigenvalue weighted by molar-refractivity contribution is -0.116. The van der Waals surface area contributed by atoms with E-state index in [2.05, 4.69) is 24.4 Å². The molecule has 0 aromatic heterocycles. The molecule has 0 spiro atoms. The van der Waals surface area contributed by atoms with Crippen LogP contribution in [-0.4, -0.2) is 12.5 Å². The van der Waals surface area contributed by atoms with Crippen LogP contribution < -0.4 is 10.1 Å². The zero-order valence-corrected chi connectivity index (χ0v) is 15.2. The molecule has 134 valence electrons. The second-order valence-corrected chi connectivity index (χ2v) is 6.42. The van der Waals surface area contributed by atoms with Gasteiger partial charge in [0, 0.05) is 17.5 Å². The molecular weight excluding hydrogens is 322 g/mol. The predicted octanol–water partition coefficient (Wildman–Crippen LogP) is 5.59. The molecule has 0 fully saturated rings. The number of aryl methyl sites for hydroxylation is 1. The summed E-state index contributed by atoms with van der Waals surface area (Å²) in [5, 5.41) is 5.20. The summed E-state index contributed by atoms with van der Waals surface area (Å²) in [6.45, 7) is 2.71. The summed E-state index contributed by atoms with van der Waals surface area (Å²) in [4.78, 5) is 12.2. The maximum Gasteiger partial charge on any atom is 0.224 e. The second-order valence-electron chi connectivity index (χ2n) is 6.42. The van der Waals surface area contributed by atoms with Gasteiger partial charge in [-0.25, -0.2) is 0 Å². The van der Waals surface area contributed by atoms with E-state index in [1.54, 1.807) is 0 Å². The first kappa shape index (κ1) is 18.0. The lowest BCUT2D eigenvalue weighted by Crippen LogP contribution is -2.13. The lowest BCUT2D eigenvalue weighted by Gasteiger charge is -2.09. The number of ether oxygens (including phenoxy) is 1. The first-order valence-electron chi connectivity index (χ1n) is 9.25. The highest BCUT2D eigenvalue weighted by atomic mass is 16.5. The van der Waals surface area contributed by atoms with Crippen LogP contribution in [0.25, 0.3) is 10.8 Å². The third kappa shape index (κ3) is 4.85. The van der Waals surface area contributed by atoms with Crippen LogP contribution in [0, 0.1) is 0 Å². The standard InChI is InChI=1S/C23H25NO2/c1-2-7-18-13-15-20(16-14-18)26-17-6-12-23(25)24-22-11-5-9-19-8-3-4-10-21(19)22/h3-5,8-11,13-16H,2,6-7,12,17H2,1H3,(H,24,25). The fraction of sp³-hybridized carbons (Fsp3) is 0.261. The van der Waals surface area contributed by atoms with E-state index in [9.17, 15) is 4.79 Å². The number of benzene rings is 3. The van der Waals surface area contributed by atoms with Crippen LogP contribution in [0.3, 0.4) is 0 Å². The van der Waals surface area contributed by atoms with Crippen molar-refractivity contribution >= 4 is 22.4 Å². The van der Waals surface area contributed by atoms with Gasteiger partial charge in [-0.1, -0.05) is 61.9 Å². The van der Waals surface area contributed by atoms with Crippen LogP contribution in [0.5, 0.6) is 5.75 Å². The first-order valence-corrected chi connectivity index (χ1v) is 9.25. The summed E-state index contributed by atoms with van der Waals surface area (Å²) in [6.07, 6.45) is 3.37. The summed E-state index contributed by atoms with van der Waals surface area (Å²) in [5.41, 5.74) is 2.19. The molecule has 0 aliphatic rings. The predicted molar refractivity (Wildman–Crippen MR) is 108 cm³/mol. The van der Waals surface area contributed by atoms with E-state index in [-0.39, 0.29) is 5.91 Å². The highest BCUT2D eigenvalue weighted by molar-refractivity contribution is 6.02. The fourth-order valence-corrected chi connectivity index (χ4v) is 3.01. The molecule has 26 heavy (non-hydrogen) atoms. The average molecular weight is 347 g/mol. The summed E-state index contributed by atoms with van der Waals surface area (Å²) >= 11 is 0. The number of carbonyl (C=O) groups excluding carboxylic acids is 1. The lowest BCUT2D eigenvalue weighted by atomic mass is 10.1. The highest BCUT2D eigenvalue weighted by Gasteiger charge is 2.06. The van der Waals surface area contributed by atoms with Crippen molar-refractivity contribution in [1.82, 2.24) is 0 Å². The van der Waals surface area contributed by atoms with Crippen molar-refractivity contribution in [2.75, 3.05) is 11.9 Å². The van der Waals surface area contributed by atoms with Crippen LogP contribution in [0.2, 0.25) is 0 Å². The van der Waals surface area contributed by atoms with Gasteiger partial charge in [0.05, 0.1) is 6.61 Å². The molecule has 0 unspecified atom stereocenters. The summed E-state index contributed by atoms with van der Waals surface area (Å²) in [5.74, 6) is 0.877. The molecular formula is C23H25NO2. The number of carbonyl (C=O) groups is 1. The van der Waals surface area contributed by atoms with Crippen molar-refractivity contribution in [3.63, 3.8) is 0 Å². The number of rotatable bonds is 8. The maximum atomic E-state index is 12.2. The molecule has 0 atom stereocenters. The molecule has 3 aromatic rings. The van der Waals surface area contributed by atoms with Gasteiger partial charge in [0.1, 0.15) is 5.75 Å². The quantitative estimate of drug-likeness (QED) is 0.539. The Balaban J connectivity index is 1.45. The van der Waals surface area contributed by atoms with E-state index < -0.39 is 0 Å². The Labute approximate surface area is 155 Å². The zero-order valence-electron chi connectivity index (χ0n) is 15.2. The number of fused-ring (bicyclic) bond motifs is 1. The first-order chi connectivity index (χ1) is 12.8. The fourth-order valence-electron chi connectivity index (χ4n) is 3.01. The molecule has 3 nitrogen and oxygen atoms in total. The second kappa shape index (κ2) is 9.04. The van der Waals surface area contributed by atoms with Crippen LogP contribution in [-0.2, 0) is 11.2 Å². The molecule has 0 saturated heterocycles. The highest BCUT2D eigenvalue weighted by Crippen LogP contribution is 2.23. The van der Waals surface area contributed by atoms with E-state index >= 15 is 0 Å². The van der Waals surface area contributed by atoms with Crippen molar-refractivity contribution in [3.8, 4) is 5.75 Å². The van der Waals surface area contributed by atoms with Gasteiger partial charge >= 0.3 is 0 Å². The third-order valence-corrected chi connectivity index (χ3v) is 4.34. The van der Waals surface area contributed by atoms with Gasteiger partial charge in [-0.2, -0.15) is 0 Å². The Hall–Kier alpha value is -2.81. The smallest absolute Gasteiger partial charge is 0.224 e. The minimum atomic E-state index is 0.0169. The van der Waals surface area contributed by atoms with E-state index in [1.165, 1.54) is 5.56 Å². The van der Waals surface area contributed by atoms with Gasteiger partial charge in [0.25, 0.3) is 0 Å². The van der Waals surface area contributed by atoms with E-state index in [0.717, 1.165) is 35.1 Å².